The van der Waals surface area contributed by atoms with Crippen LogP contribution < -0.4 is 20.7 Å². The second-order valence-corrected chi connectivity index (χ2v) is 6.93. The van der Waals surface area contributed by atoms with Crippen LogP contribution in [0.25, 0.3) is 0 Å². The lowest BCUT2D eigenvalue weighted by atomic mass is 10.2. The number of alkyl halides is 2. The number of benzene rings is 1. The van der Waals surface area contributed by atoms with E-state index in [1.54, 1.807) is 12.1 Å². The number of nitrogens with zero attached hydrogens (tertiary/aromatic N) is 1. The summed E-state index contributed by atoms with van der Waals surface area (Å²) in [5, 5.41) is 8.95. The lowest BCUT2D eigenvalue weighted by Gasteiger charge is -2.19. The molecule has 9 heteroatoms. The molecule has 1 amide bonds. The molecular weight excluding hydrogens is 370 g/mol. The van der Waals surface area contributed by atoms with Crippen LogP contribution in [0.5, 0.6) is 5.75 Å². The van der Waals surface area contributed by atoms with E-state index in [0.29, 0.717) is 38.6 Å². The second kappa shape index (κ2) is 12.0. The maximum absolute atomic E-state index is 12.3. The molecule has 158 valence electrons. The molecule has 7 nitrogen and oxygen atoms in total. The summed E-state index contributed by atoms with van der Waals surface area (Å²) in [5.74, 6) is 0.703. The average molecular weight is 400 g/mol. The number of guanidine groups is 1. The van der Waals surface area contributed by atoms with E-state index < -0.39 is 18.3 Å². The number of hydrogen-bond acceptors (Lipinski definition) is 4. The van der Waals surface area contributed by atoms with Crippen molar-refractivity contribution in [2.45, 2.75) is 52.9 Å². The summed E-state index contributed by atoms with van der Waals surface area (Å²) < 4.78 is 34.1. The molecule has 0 saturated carbocycles. The molecule has 1 rings (SSSR count). The minimum atomic E-state index is -2.85. The van der Waals surface area contributed by atoms with Crippen molar-refractivity contribution >= 4 is 12.1 Å². The lowest BCUT2D eigenvalue weighted by molar-refractivity contribution is -0.0498. The molecule has 28 heavy (non-hydrogen) atoms. The van der Waals surface area contributed by atoms with Gasteiger partial charge in [-0.05, 0) is 51.8 Å². The van der Waals surface area contributed by atoms with Crippen LogP contribution in [0.4, 0.5) is 13.6 Å². The maximum Gasteiger partial charge on any atom is 0.407 e. The van der Waals surface area contributed by atoms with Gasteiger partial charge in [0, 0.05) is 19.6 Å². The molecule has 0 aliphatic rings. The first-order valence-corrected chi connectivity index (χ1v) is 9.22. The highest BCUT2D eigenvalue weighted by molar-refractivity contribution is 5.79. The number of nitrogens with one attached hydrogen (secondary N) is 3. The van der Waals surface area contributed by atoms with Gasteiger partial charge in [0.1, 0.15) is 11.4 Å². The lowest BCUT2D eigenvalue weighted by Crippen LogP contribution is -2.39. The van der Waals surface area contributed by atoms with Crippen molar-refractivity contribution in [3.63, 3.8) is 0 Å². The van der Waals surface area contributed by atoms with E-state index >= 15 is 0 Å². The molecule has 0 aliphatic heterocycles. The van der Waals surface area contributed by atoms with Crippen molar-refractivity contribution in [2.24, 2.45) is 4.99 Å². The third kappa shape index (κ3) is 11.2. The Morgan fingerprint density at radius 2 is 1.89 bits per heavy atom. The number of halogens is 2. The molecule has 0 atom stereocenters. The molecule has 3 N–H and O–H groups in total. The number of rotatable bonds is 9. The standard InChI is InChI=1S/C19H30F2N4O3/c1-5-22-17(23-10-7-11-24-18(26)28-19(2,3)4)25-13-14-8-6-9-15(12-14)27-16(20)21/h6,8-9,12,16H,5,7,10-11,13H2,1-4H3,(H,24,26)(H2,22,23,25). The molecule has 0 heterocycles. The van der Waals surface area contributed by atoms with Gasteiger partial charge in [-0.3, -0.25) is 0 Å². The van der Waals surface area contributed by atoms with E-state index in [9.17, 15) is 13.6 Å². The van der Waals surface area contributed by atoms with Crippen LogP contribution in [0, 0.1) is 0 Å². The SMILES string of the molecule is CCNC(=NCc1cccc(OC(F)F)c1)NCCCNC(=O)OC(C)(C)C. The number of alkyl carbamates (subject to hydrolysis) is 1. The van der Waals surface area contributed by atoms with Crippen LogP contribution >= 0.6 is 0 Å². The summed E-state index contributed by atoms with van der Waals surface area (Å²) in [4.78, 5) is 16.0. The molecule has 0 aliphatic carbocycles. The van der Waals surface area contributed by atoms with Crippen molar-refractivity contribution in [1.82, 2.24) is 16.0 Å². The third-order valence-corrected chi connectivity index (χ3v) is 3.20. The molecule has 0 spiro atoms. The zero-order valence-electron chi connectivity index (χ0n) is 16.9. The van der Waals surface area contributed by atoms with Gasteiger partial charge in [0.25, 0.3) is 0 Å². The van der Waals surface area contributed by atoms with Crippen molar-refractivity contribution in [3.05, 3.63) is 29.8 Å². The van der Waals surface area contributed by atoms with E-state index in [0.717, 1.165) is 5.56 Å². The Hall–Kier alpha value is -2.58. The highest BCUT2D eigenvalue weighted by Crippen LogP contribution is 2.16. The number of carbonyl (C=O) groups is 1. The Morgan fingerprint density at radius 1 is 1.18 bits per heavy atom. The van der Waals surface area contributed by atoms with Gasteiger partial charge in [-0.2, -0.15) is 8.78 Å². The zero-order valence-corrected chi connectivity index (χ0v) is 16.9. The number of hydrogen-bond donors (Lipinski definition) is 3. The van der Waals surface area contributed by atoms with Gasteiger partial charge < -0.3 is 25.4 Å². The van der Waals surface area contributed by atoms with Gasteiger partial charge >= 0.3 is 12.7 Å². The summed E-state index contributed by atoms with van der Waals surface area (Å²) in [7, 11) is 0. The monoisotopic (exact) mass is 400 g/mol. The Bertz CT molecular complexity index is 634. The first-order chi connectivity index (χ1) is 13.2. The molecule has 0 saturated heterocycles. The van der Waals surface area contributed by atoms with Crippen LogP contribution in [0.3, 0.4) is 0 Å². The van der Waals surface area contributed by atoms with E-state index in [2.05, 4.69) is 25.7 Å². The molecule has 0 bridgehead atoms. The third-order valence-electron chi connectivity index (χ3n) is 3.20. The predicted octanol–water partition coefficient (Wildman–Crippen LogP) is 3.26. The number of aliphatic imine (C=N–C) groups is 1. The van der Waals surface area contributed by atoms with Gasteiger partial charge in [0.05, 0.1) is 6.54 Å². The first-order valence-electron chi connectivity index (χ1n) is 9.22. The Labute approximate surface area is 164 Å². The first kappa shape index (κ1) is 23.5. The maximum atomic E-state index is 12.3. The fourth-order valence-electron chi connectivity index (χ4n) is 2.13. The second-order valence-electron chi connectivity index (χ2n) is 6.93. The predicted molar refractivity (Wildman–Crippen MR) is 105 cm³/mol. The normalized spacial score (nSPS) is 11.9. The largest absolute Gasteiger partial charge is 0.444 e. The summed E-state index contributed by atoms with van der Waals surface area (Å²) in [5.41, 5.74) is 0.229. The van der Waals surface area contributed by atoms with Crippen molar-refractivity contribution < 1.29 is 23.0 Å². The molecule has 0 aromatic heterocycles. The van der Waals surface area contributed by atoms with E-state index in [-0.39, 0.29) is 5.75 Å². The number of ether oxygens (including phenoxy) is 2. The van der Waals surface area contributed by atoms with Crippen molar-refractivity contribution in [2.75, 3.05) is 19.6 Å². The summed E-state index contributed by atoms with van der Waals surface area (Å²) in [6.07, 6.45) is 0.237. The molecule has 1 aromatic carbocycles. The van der Waals surface area contributed by atoms with Crippen LogP contribution in [-0.4, -0.2) is 43.9 Å². The minimum Gasteiger partial charge on any atom is -0.444 e. The van der Waals surface area contributed by atoms with Crippen molar-refractivity contribution in [1.29, 1.82) is 0 Å². The molecule has 0 radical (unpaired) electrons. The van der Waals surface area contributed by atoms with Gasteiger partial charge in [0.2, 0.25) is 0 Å². The smallest absolute Gasteiger partial charge is 0.407 e. The summed E-state index contributed by atoms with van der Waals surface area (Å²) >= 11 is 0. The van der Waals surface area contributed by atoms with E-state index in [4.69, 9.17) is 4.74 Å². The quantitative estimate of drug-likeness (QED) is 0.337. The summed E-state index contributed by atoms with van der Waals surface area (Å²) in [6, 6.07) is 6.44. The minimum absolute atomic E-state index is 0.105. The molecular formula is C19H30F2N4O3. The Morgan fingerprint density at radius 3 is 2.54 bits per heavy atom. The number of amides is 1. The van der Waals surface area contributed by atoms with Gasteiger partial charge in [-0.15, -0.1) is 0 Å². The Balaban J connectivity index is 2.43. The van der Waals surface area contributed by atoms with Gasteiger partial charge in [-0.1, -0.05) is 12.1 Å². The van der Waals surface area contributed by atoms with Crippen LogP contribution in [0.15, 0.2) is 29.3 Å². The topological polar surface area (TPSA) is 84.0 Å². The zero-order chi connectivity index (χ0) is 21.0. The molecule has 0 unspecified atom stereocenters. The molecule has 1 aromatic rings. The number of carbonyl (C=O) groups excluding carboxylic acids is 1. The van der Waals surface area contributed by atoms with Crippen molar-refractivity contribution in [3.8, 4) is 5.75 Å². The van der Waals surface area contributed by atoms with Crippen LogP contribution in [-0.2, 0) is 11.3 Å². The molecule has 0 fully saturated rings. The highest BCUT2D eigenvalue weighted by atomic mass is 19.3. The fraction of sp³-hybridized carbons (Fsp3) is 0.579. The van der Waals surface area contributed by atoms with Crippen LogP contribution in [0.1, 0.15) is 39.7 Å². The average Bonchev–Trinajstić information content (AvgIpc) is 2.57. The van der Waals surface area contributed by atoms with Gasteiger partial charge in [0.15, 0.2) is 5.96 Å². The van der Waals surface area contributed by atoms with Gasteiger partial charge in [-0.25, -0.2) is 9.79 Å². The highest BCUT2D eigenvalue weighted by Gasteiger charge is 2.15. The summed E-state index contributed by atoms with van der Waals surface area (Å²) in [6.45, 7) is 6.56. The Kier molecular flexibility index (Phi) is 10.0. The van der Waals surface area contributed by atoms with E-state index in [1.165, 1.54) is 12.1 Å². The van der Waals surface area contributed by atoms with E-state index in [1.807, 2.05) is 27.7 Å². The fourth-order valence-corrected chi connectivity index (χ4v) is 2.13. The van der Waals surface area contributed by atoms with Crippen LogP contribution in [0.2, 0.25) is 0 Å².